The number of hydrogen-bond acceptors (Lipinski definition) is 4. The van der Waals surface area contributed by atoms with E-state index in [0.717, 1.165) is 17.5 Å². The first-order chi connectivity index (χ1) is 15.1. The highest BCUT2D eigenvalue weighted by Crippen LogP contribution is 2.19. The van der Waals surface area contributed by atoms with Gasteiger partial charge < -0.3 is 16.0 Å². The average Bonchev–Trinajstić information content (AvgIpc) is 2.90. The van der Waals surface area contributed by atoms with Gasteiger partial charge in [-0.15, -0.1) is 0 Å². The summed E-state index contributed by atoms with van der Waals surface area (Å²) in [5.41, 5.74) is 3.86. The minimum Gasteiger partial charge on any atom is -0.340 e. The summed E-state index contributed by atoms with van der Waals surface area (Å²) < 4.78 is 0. The molecule has 3 aromatic rings. The molecule has 0 radical (unpaired) electrons. The largest absolute Gasteiger partial charge is 0.340 e. The Kier molecular flexibility index (Phi) is 6.03. The zero-order valence-electron chi connectivity index (χ0n) is 16.8. The first-order valence-corrected chi connectivity index (χ1v) is 10.1. The molecule has 1 aromatic heterocycles. The molecule has 0 saturated carbocycles. The number of nitrogens with one attached hydrogen (secondary N) is 3. The van der Waals surface area contributed by atoms with E-state index in [9.17, 15) is 14.4 Å². The van der Waals surface area contributed by atoms with Crippen molar-refractivity contribution in [3.05, 3.63) is 89.7 Å². The average molecular weight is 414 g/mol. The fourth-order valence-electron chi connectivity index (χ4n) is 3.46. The van der Waals surface area contributed by atoms with Crippen molar-refractivity contribution in [1.82, 2.24) is 10.3 Å². The Morgan fingerprint density at radius 3 is 2.42 bits per heavy atom. The number of aromatic nitrogens is 1. The maximum Gasteiger partial charge on any atom is 0.254 e. The highest BCUT2D eigenvalue weighted by molar-refractivity contribution is 6.10. The lowest BCUT2D eigenvalue weighted by Gasteiger charge is -2.14. The number of hydrogen-bond donors (Lipinski definition) is 3. The predicted octanol–water partition coefficient (Wildman–Crippen LogP) is 3.14. The number of amides is 3. The summed E-state index contributed by atoms with van der Waals surface area (Å²) in [6, 6.07) is 17.6. The smallest absolute Gasteiger partial charge is 0.254 e. The maximum absolute atomic E-state index is 12.4. The van der Waals surface area contributed by atoms with Gasteiger partial charge in [-0.05, 0) is 60.4 Å². The van der Waals surface area contributed by atoms with Crippen molar-refractivity contribution in [3.8, 4) is 0 Å². The van der Waals surface area contributed by atoms with Crippen molar-refractivity contribution < 1.29 is 14.4 Å². The second-order valence-corrected chi connectivity index (χ2v) is 7.38. The van der Waals surface area contributed by atoms with Gasteiger partial charge in [-0.3, -0.25) is 19.4 Å². The Hall–Kier alpha value is -4.00. The van der Waals surface area contributed by atoms with Crippen LogP contribution in [0.2, 0.25) is 0 Å². The van der Waals surface area contributed by atoms with Gasteiger partial charge in [-0.2, -0.15) is 0 Å². The fraction of sp³-hybridized carbons (Fsp3) is 0.167. The van der Waals surface area contributed by atoms with E-state index < -0.39 is 6.04 Å². The zero-order valence-corrected chi connectivity index (χ0v) is 16.8. The van der Waals surface area contributed by atoms with Crippen molar-refractivity contribution in [2.75, 3.05) is 10.6 Å². The summed E-state index contributed by atoms with van der Waals surface area (Å²) in [7, 11) is 0. The number of nitrogens with zero attached hydrogens (tertiary/aromatic N) is 1. The van der Waals surface area contributed by atoms with Gasteiger partial charge in [0.2, 0.25) is 11.8 Å². The Labute approximate surface area is 179 Å². The number of fused-ring (bicyclic) bond motifs is 1. The normalized spacial score (nSPS) is 15.3. The van der Waals surface area contributed by atoms with Crippen molar-refractivity contribution >= 4 is 29.1 Å². The molecule has 31 heavy (non-hydrogen) atoms. The molecule has 3 amide bonds. The summed E-state index contributed by atoms with van der Waals surface area (Å²) in [5, 5.41) is 8.28. The van der Waals surface area contributed by atoms with E-state index in [1.165, 1.54) is 0 Å². The van der Waals surface area contributed by atoms with E-state index in [1.807, 2.05) is 36.4 Å². The van der Waals surface area contributed by atoms with Crippen LogP contribution in [0.15, 0.2) is 73.1 Å². The molecule has 1 aliphatic heterocycles. The molecule has 0 bridgehead atoms. The molecule has 4 rings (SSSR count). The molecule has 2 heterocycles. The van der Waals surface area contributed by atoms with E-state index >= 15 is 0 Å². The summed E-state index contributed by atoms with van der Waals surface area (Å²) in [5.74, 6) is -0.874. The third-order valence-corrected chi connectivity index (χ3v) is 5.11. The summed E-state index contributed by atoms with van der Waals surface area (Å²) in [4.78, 5) is 41.1. The second kappa shape index (κ2) is 9.21. The molecule has 7 heteroatoms. The Morgan fingerprint density at radius 1 is 0.935 bits per heavy atom. The number of para-hydroxylation sites is 1. The number of rotatable bonds is 6. The van der Waals surface area contributed by atoms with E-state index in [4.69, 9.17) is 0 Å². The number of benzene rings is 2. The third kappa shape index (κ3) is 5.14. The third-order valence-electron chi connectivity index (χ3n) is 5.11. The van der Waals surface area contributed by atoms with Gasteiger partial charge in [0.1, 0.15) is 6.04 Å². The van der Waals surface area contributed by atoms with E-state index in [-0.39, 0.29) is 30.6 Å². The van der Waals surface area contributed by atoms with Crippen LogP contribution in [0.3, 0.4) is 0 Å². The van der Waals surface area contributed by atoms with Crippen LogP contribution in [-0.4, -0.2) is 28.7 Å². The highest BCUT2D eigenvalue weighted by atomic mass is 16.2. The van der Waals surface area contributed by atoms with Gasteiger partial charge in [-0.1, -0.05) is 24.3 Å². The SMILES string of the molecule is O=C(CCC1NC(=O)c2ccccc2NC1=O)Nc1ccc(Cc2ccncc2)cc1. The minimum atomic E-state index is -0.770. The van der Waals surface area contributed by atoms with E-state index in [0.29, 0.717) is 16.9 Å². The molecule has 3 N–H and O–H groups in total. The monoisotopic (exact) mass is 414 g/mol. The number of anilines is 2. The molecule has 1 atom stereocenters. The lowest BCUT2D eigenvalue weighted by molar-refractivity contribution is -0.118. The molecule has 7 nitrogen and oxygen atoms in total. The van der Waals surface area contributed by atoms with Crippen LogP contribution in [0.1, 0.15) is 34.3 Å². The van der Waals surface area contributed by atoms with Crippen LogP contribution < -0.4 is 16.0 Å². The minimum absolute atomic E-state index is 0.105. The predicted molar refractivity (Wildman–Crippen MR) is 118 cm³/mol. The summed E-state index contributed by atoms with van der Waals surface area (Å²) in [6.07, 6.45) is 4.62. The zero-order chi connectivity index (χ0) is 21.6. The standard InChI is InChI=1S/C24H22N4O3/c29-22(26-18-7-5-16(6-8-18)15-17-11-13-25-14-12-17)10-9-21-24(31)27-20-4-2-1-3-19(20)23(30)28-21/h1-8,11-14,21H,9-10,15H2,(H,26,29)(H,27,31)(H,28,30). The van der Waals surface area contributed by atoms with Gasteiger partial charge >= 0.3 is 0 Å². The maximum atomic E-state index is 12.4. The van der Waals surface area contributed by atoms with Gasteiger partial charge in [0.05, 0.1) is 11.3 Å². The Balaban J connectivity index is 1.30. The number of pyridine rings is 1. The Bertz CT molecular complexity index is 1100. The Morgan fingerprint density at radius 2 is 1.65 bits per heavy atom. The molecule has 0 aliphatic carbocycles. The van der Waals surface area contributed by atoms with Gasteiger partial charge in [-0.25, -0.2) is 0 Å². The highest BCUT2D eigenvalue weighted by Gasteiger charge is 2.27. The van der Waals surface area contributed by atoms with Crippen LogP contribution in [0.25, 0.3) is 0 Å². The van der Waals surface area contributed by atoms with Crippen LogP contribution in [-0.2, 0) is 16.0 Å². The van der Waals surface area contributed by atoms with Crippen molar-refractivity contribution in [2.24, 2.45) is 0 Å². The van der Waals surface area contributed by atoms with E-state index in [1.54, 1.807) is 36.7 Å². The van der Waals surface area contributed by atoms with Crippen LogP contribution in [0.5, 0.6) is 0 Å². The molecule has 0 spiro atoms. The van der Waals surface area contributed by atoms with Gasteiger partial charge in [0.15, 0.2) is 0 Å². The summed E-state index contributed by atoms with van der Waals surface area (Å²) >= 11 is 0. The number of carbonyl (C=O) groups is 3. The molecule has 156 valence electrons. The van der Waals surface area contributed by atoms with Crippen LogP contribution in [0.4, 0.5) is 11.4 Å². The van der Waals surface area contributed by atoms with Crippen molar-refractivity contribution in [2.45, 2.75) is 25.3 Å². The molecule has 1 aliphatic rings. The molecular weight excluding hydrogens is 392 g/mol. The molecule has 0 saturated heterocycles. The van der Waals surface area contributed by atoms with Crippen molar-refractivity contribution in [1.29, 1.82) is 0 Å². The van der Waals surface area contributed by atoms with Crippen molar-refractivity contribution in [3.63, 3.8) is 0 Å². The second-order valence-electron chi connectivity index (χ2n) is 7.38. The first kappa shape index (κ1) is 20.3. The molecular formula is C24H22N4O3. The molecule has 2 aromatic carbocycles. The quantitative estimate of drug-likeness (QED) is 0.577. The van der Waals surface area contributed by atoms with Crippen LogP contribution in [0, 0.1) is 0 Å². The lowest BCUT2D eigenvalue weighted by atomic mass is 10.1. The topological polar surface area (TPSA) is 100 Å². The van der Waals surface area contributed by atoms with Gasteiger partial charge in [0, 0.05) is 24.5 Å². The first-order valence-electron chi connectivity index (χ1n) is 10.1. The fourth-order valence-corrected chi connectivity index (χ4v) is 3.46. The lowest BCUT2D eigenvalue weighted by Crippen LogP contribution is -2.41. The van der Waals surface area contributed by atoms with Gasteiger partial charge in [0.25, 0.3) is 5.91 Å². The molecule has 0 fully saturated rings. The number of carbonyl (C=O) groups excluding carboxylic acids is 3. The van der Waals surface area contributed by atoms with Crippen LogP contribution >= 0.6 is 0 Å². The summed E-state index contributed by atoms with van der Waals surface area (Å²) in [6.45, 7) is 0. The molecule has 1 unspecified atom stereocenters. The van der Waals surface area contributed by atoms with E-state index in [2.05, 4.69) is 20.9 Å².